The van der Waals surface area contributed by atoms with Crippen LogP contribution in [0.1, 0.15) is 27.9 Å². The molecule has 0 saturated carbocycles. The van der Waals surface area contributed by atoms with E-state index in [1.54, 1.807) is 24.3 Å². The fourth-order valence-corrected chi connectivity index (χ4v) is 2.47. The second kappa shape index (κ2) is 4.76. The number of benzene rings is 2. The molecular formula is C16H14O3. The highest BCUT2D eigenvalue weighted by Gasteiger charge is 2.14. The molecule has 0 amide bonds. The van der Waals surface area contributed by atoms with Gasteiger partial charge in [0.1, 0.15) is 17.1 Å². The van der Waals surface area contributed by atoms with Crippen LogP contribution in [0.3, 0.4) is 0 Å². The number of aromatic carboxylic acids is 1. The first-order valence-electron chi connectivity index (χ1n) is 6.36. The van der Waals surface area contributed by atoms with Crippen molar-refractivity contribution in [2.45, 2.75) is 19.3 Å². The zero-order valence-corrected chi connectivity index (χ0v) is 10.4. The smallest absolute Gasteiger partial charge is 0.339 e. The van der Waals surface area contributed by atoms with Crippen LogP contribution >= 0.6 is 0 Å². The first kappa shape index (κ1) is 11.8. The van der Waals surface area contributed by atoms with Gasteiger partial charge in [-0.2, -0.15) is 0 Å². The average Bonchev–Trinajstić information content (AvgIpc) is 2.86. The lowest BCUT2D eigenvalue weighted by molar-refractivity contribution is 0.0694. The molecule has 0 radical (unpaired) electrons. The van der Waals surface area contributed by atoms with Crippen LogP contribution in [0, 0.1) is 0 Å². The number of ether oxygens (including phenoxy) is 1. The second-order valence-electron chi connectivity index (χ2n) is 4.69. The van der Waals surface area contributed by atoms with Crippen molar-refractivity contribution in [3.8, 4) is 11.5 Å². The monoisotopic (exact) mass is 254 g/mol. The molecule has 3 heteroatoms. The van der Waals surface area contributed by atoms with Crippen molar-refractivity contribution in [3.05, 3.63) is 59.2 Å². The minimum absolute atomic E-state index is 0.183. The van der Waals surface area contributed by atoms with Gasteiger partial charge in [-0.25, -0.2) is 4.79 Å². The van der Waals surface area contributed by atoms with Crippen molar-refractivity contribution >= 4 is 5.97 Å². The molecule has 0 aliphatic heterocycles. The van der Waals surface area contributed by atoms with Gasteiger partial charge in [0.25, 0.3) is 0 Å². The van der Waals surface area contributed by atoms with E-state index in [1.807, 2.05) is 12.1 Å². The van der Waals surface area contributed by atoms with Gasteiger partial charge in [-0.15, -0.1) is 0 Å². The normalized spacial score (nSPS) is 13.1. The van der Waals surface area contributed by atoms with Crippen LogP contribution in [0.15, 0.2) is 42.5 Å². The van der Waals surface area contributed by atoms with E-state index in [2.05, 4.69) is 6.07 Å². The van der Waals surface area contributed by atoms with E-state index in [1.165, 1.54) is 17.5 Å². The van der Waals surface area contributed by atoms with Gasteiger partial charge in [-0.05, 0) is 54.7 Å². The zero-order valence-electron chi connectivity index (χ0n) is 10.4. The van der Waals surface area contributed by atoms with Crippen molar-refractivity contribution in [1.29, 1.82) is 0 Å². The third-order valence-electron chi connectivity index (χ3n) is 3.42. The van der Waals surface area contributed by atoms with Crippen molar-refractivity contribution in [1.82, 2.24) is 0 Å². The fourth-order valence-electron chi connectivity index (χ4n) is 2.47. The summed E-state index contributed by atoms with van der Waals surface area (Å²) in [6, 6.07) is 12.7. The van der Waals surface area contributed by atoms with Crippen molar-refractivity contribution in [2.75, 3.05) is 0 Å². The quantitative estimate of drug-likeness (QED) is 0.909. The molecule has 0 saturated heterocycles. The molecule has 2 aromatic carbocycles. The highest BCUT2D eigenvalue weighted by atomic mass is 16.5. The summed E-state index contributed by atoms with van der Waals surface area (Å²) in [5, 5.41) is 9.12. The number of carboxylic acid groups (broad SMARTS) is 1. The van der Waals surface area contributed by atoms with E-state index in [-0.39, 0.29) is 5.56 Å². The first-order chi connectivity index (χ1) is 9.24. The maximum atomic E-state index is 11.1. The molecule has 0 unspecified atom stereocenters. The summed E-state index contributed by atoms with van der Waals surface area (Å²) in [4.78, 5) is 11.1. The maximum Gasteiger partial charge on any atom is 0.339 e. The Labute approximate surface area is 111 Å². The lowest BCUT2D eigenvalue weighted by Crippen LogP contribution is -1.99. The summed E-state index contributed by atoms with van der Waals surface area (Å²) in [5.74, 6) is 0.110. The van der Waals surface area contributed by atoms with Crippen LogP contribution in [0.25, 0.3) is 0 Å². The first-order valence-corrected chi connectivity index (χ1v) is 6.36. The predicted octanol–water partition coefficient (Wildman–Crippen LogP) is 3.67. The third kappa shape index (κ3) is 2.32. The summed E-state index contributed by atoms with van der Waals surface area (Å²) in [5.41, 5.74) is 2.87. The largest absolute Gasteiger partial charge is 0.478 e. The summed E-state index contributed by atoms with van der Waals surface area (Å²) in [6.45, 7) is 0. The number of para-hydroxylation sites is 1. The van der Waals surface area contributed by atoms with Crippen molar-refractivity contribution < 1.29 is 14.6 Å². The van der Waals surface area contributed by atoms with E-state index < -0.39 is 5.97 Å². The number of hydrogen-bond donors (Lipinski definition) is 1. The molecule has 1 aliphatic carbocycles. The Morgan fingerprint density at radius 2 is 1.84 bits per heavy atom. The SMILES string of the molecule is O=C(O)c1ccccc1Oc1ccc2c(c1)CCC2. The van der Waals surface area contributed by atoms with E-state index in [0.29, 0.717) is 11.5 Å². The lowest BCUT2D eigenvalue weighted by atomic mass is 10.1. The Balaban J connectivity index is 1.91. The van der Waals surface area contributed by atoms with Crippen molar-refractivity contribution in [3.63, 3.8) is 0 Å². The Hall–Kier alpha value is -2.29. The summed E-state index contributed by atoms with van der Waals surface area (Å²) in [7, 11) is 0. The van der Waals surface area contributed by atoms with E-state index in [4.69, 9.17) is 9.84 Å². The fraction of sp³-hybridized carbons (Fsp3) is 0.188. The number of fused-ring (bicyclic) bond motifs is 1. The van der Waals surface area contributed by atoms with Gasteiger partial charge in [0.15, 0.2) is 0 Å². The van der Waals surface area contributed by atoms with E-state index in [0.717, 1.165) is 12.8 Å². The second-order valence-corrected chi connectivity index (χ2v) is 4.69. The molecule has 1 aliphatic rings. The number of carboxylic acids is 1. The zero-order chi connectivity index (χ0) is 13.2. The van der Waals surface area contributed by atoms with Crippen LogP contribution in [-0.4, -0.2) is 11.1 Å². The molecule has 0 atom stereocenters. The highest BCUT2D eigenvalue weighted by Crippen LogP contribution is 2.30. The molecule has 2 aromatic rings. The van der Waals surface area contributed by atoms with Crippen LogP contribution in [0.2, 0.25) is 0 Å². The molecule has 96 valence electrons. The van der Waals surface area contributed by atoms with Crippen LogP contribution in [0.5, 0.6) is 11.5 Å². The topological polar surface area (TPSA) is 46.5 Å². The molecule has 3 nitrogen and oxygen atoms in total. The van der Waals surface area contributed by atoms with Gasteiger partial charge in [0.05, 0.1) is 0 Å². The minimum atomic E-state index is -0.975. The lowest BCUT2D eigenvalue weighted by Gasteiger charge is -2.09. The molecule has 0 heterocycles. The Kier molecular flexibility index (Phi) is 2.95. The Morgan fingerprint density at radius 3 is 2.68 bits per heavy atom. The average molecular weight is 254 g/mol. The number of hydrogen-bond acceptors (Lipinski definition) is 2. The molecule has 19 heavy (non-hydrogen) atoms. The van der Waals surface area contributed by atoms with Gasteiger partial charge >= 0.3 is 5.97 Å². The Morgan fingerprint density at radius 1 is 1.05 bits per heavy atom. The Bertz CT molecular complexity index is 632. The summed E-state index contributed by atoms with van der Waals surface area (Å²) in [6.07, 6.45) is 3.39. The molecule has 3 rings (SSSR count). The summed E-state index contributed by atoms with van der Waals surface area (Å²) >= 11 is 0. The number of rotatable bonds is 3. The van der Waals surface area contributed by atoms with Gasteiger partial charge < -0.3 is 9.84 Å². The summed E-state index contributed by atoms with van der Waals surface area (Å²) < 4.78 is 5.72. The standard InChI is InChI=1S/C16H14O3/c17-16(18)14-6-1-2-7-15(14)19-13-9-8-11-4-3-5-12(11)10-13/h1-2,6-10H,3-5H2,(H,17,18). The molecule has 0 aromatic heterocycles. The molecule has 1 N–H and O–H groups in total. The minimum Gasteiger partial charge on any atom is -0.478 e. The number of carbonyl (C=O) groups is 1. The van der Waals surface area contributed by atoms with Gasteiger partial charge in [-0.3, -0.25) is 0 Å². The molecular weight excluding hydrogens is 240 g/mol. The highest BCUT2D eigenvalue weighted by molar-refractivity contribution is 5.90. The third-order valence-corrected chi connectivity index (χ3v) is 3.42. The number of aryl methyl sites for hydroxylation is 2. The van der Waals surface area contributed by atoms with Gasteiger partial charge in [0, 0.05) is 0 Å². The molecule has 0 spiro atoms. The van der Waals surface area contributed by atoms with Crippen LogP contribution in [0.4, 0.5) is 0 Å². The van der Waals surface area contributed by atoms with Gasteiger partial charge in [-0.1, -0.05) is 18.2 Å². The van der Waals surface area contributed by atoms with E-state index >= 15 is 0 Å². The molecule has 0 fully saturated rings. The van der Waals surface area contributed by atoms with Crippen molar-refractivity contribution in [2.24, 2.45) is 0 Å². The van der Waals surface area contributed by atoms with E-state index in [9.17, 15) is 4.79 Å². The molecule has 0 bridgehead atoms. The van der Waals surface area contributed by atoms with Gasteiger partial charge in [0.2, 0.25) is 0 Å². The maximum absolute atomic E-state index is 11.1. The predicted molar refractivity (Wildman–Crippen MR) is 71.9 cm³/mol. The van der Waals surface area contributed by atoms with Crippen LogP contribution < -0.4 is 4.74 Å². The van der Waals surface area contributed by atoms with Crippen LogP contribution in [-0.2, 0) is 12.8 Å².